The normalized spacial score (nSPS) is 10.7. The van der Waals surface area contributed by atoms with E-state index >= 15 is 0 Å². The van der Waals surface area contributed by atoms with E-state index in [-0.39, 0.29) is 18.0 Å². The van der Waals surface area contributed by atoms with Crippen LogP contribution in [0.2, 0.25) is 0 Å². The maximum Gasteiger partial charge on any atom is 0.247 e. The summed E-state index contributed by atoms with van der Waals surface area (Å²) in [4.78, 5) is 21.0. The van der Waals surface area contributed by atoms with E-state index in [0.29, 0.717) is 17.2 Å². The van der Waals surface area contributed by atoms with Gasteiger partial charge in [-0.3, -0.25) is 9.78 Å². The van der Waals surface area contributed by atoms with Crippen molar-refractivity contribution in [3.63, 3.8) is 0 Å². The van der Waals surface area contributed by atoms with Crippen LogP contribution in [-0.2, 0) is 11.3 Å². The van der Waals surface area contributed by atoms with Crippen LogP contribution >= 0.6 is 0 Å². The van der Waals surface area contributed by atoms with E-state index in [4.69, 9.17) is 0 Å². The van der Waals surface area contributed by atoms with Gasteiger partial charge in [-0.2, -0.15) is 0 Å². The molecule has 34 heavy (non-hydrogen) atoms. The predicted molar refractivity (Wildman–Crippen MR) is 127 cm³/mol. The Labute approximate surface area is 195 Å². The number of rotatable bonds is 6. The molecule has 0 bridgehead atoms. The maximum atomic E-state index is 14.5. The van der Waals surface area contributed by atoms with Gasteiger partial charge in [0.1, 0.15) is 18.1 Å². The molecule has 1 amide bonds. The maximum absolute atomic E-state index is 14.5. The van der Waals surface area contributed by atoms with Crippen molar-refractivity contribution in [3.8, 4) is 33.6 Å². The summed E-state index contributed by atoms with van der Waals surface area (Å²) in [5, 5.41) is 11.1. The molecule has 0 aliphatic carbocycles. The summed E-state index contributed by atoms with van der Waals surface area (Å²) in [5.74, 6) is -0.422. The Hall–Kier alpha value is -4.72. The fourth-order valence-electron chi connectivity index (χ4n) is 3.64. The number of hydrogen-bond acceptors (Lipinski definition) is 5. The zero-order chi connectivity index (χ0) is 23.3. The van der Waals surface area contributed by atoms with Crippen molar-refractivity contribution < 1.29 is 9.18 Å². The molecule has 0 unspecified atom stereocenters. The first-order chi connectivity index (χ1) is 16.7. The van der Waals surface area contributed by atoms with Gasteiger partial charge in [0, 0.05) is 29.1 Å². The molecule has 3 heterocycles. The Kier molecular flexibility index (Phi) is 5.85. The van der Waals surface area contributed by atoms with Crippen LogP contribution in [0, 0.1) is 5.82 Å². The highest BCUT2D eigenvalue weighted by molar-refractivity contribution is 5.90. The largest absolute Gasteiger partial charge is 0.309 e. The molecule has 0 radical (unpaired) electrons. The molecule has 0 aliphatic rings. The van der Waals surface area contributed by atoms with Crippen molar-refractivity contribution in [2.24, 2.45) is 0 Å². The molecule has 5 rings (SSSR count). The Morgan fingerprint density at radius 3 is 2.26 bits per heavy atom. The summed E-state index contributed by atoms with van der Waals surface area (Å²) in [6.45, 7) is -0.119. The van der Waals surface area contributed by atoms with E-state index in [0.717, 1.165) is 22.9 Å². The number of aromatic nitrogens is 5. The molecular weight excluding hydrogens is 431 g/mol. The van der Waals surface area contributed by atoms with Gasteiger partial charge in [0.2, 0.25) is 5.91 Å². The fraction of sp³-hybridized carbons (Fsp3) is 0.0385. The average molecular weight is 450 g/mol. The minimum atomic E-state index is -0.515. The molecule has 1 N–H and O–H groups in total. The van der Waals surface area contributed by atoms with Gasteiger partial charge in [-0.05, 0) is 23.8 Å². The zero-order valence-corrected chi connectivity index (χ0v) is 18.0. The SMILES string of the molecule is O=C(Cn1nnc(-c2ccncc2F)c1-c1ccccc1)Nc1ccc(-c2ccccc2)cn1. The minimum Gasteiger partial charge on any atom is -0.309 e. The highest BCUT2D eigenvalue weighted by Gasteiger charge is 2.21. The number of pyridine rings is 2. The predicted octanol–water partition coefficient (Wildman–Crippen LogP) is 4.85. The van der Waals surface area contributed by atoms with Crippen LogP contribution in [0.1, 0.15) is 0 Å². The molecule has 0 saturated heterocycles. The van der Waals surface area contributed by atoms with Crippen molar-refractivity contribution in [1.82, 2.24) is 25.0 Å². The van der Waals surface area contributed by atoms with Gasteiger partial charge >= 0.3 is 0 Å². The molecule has 0 aliphatic heterocycles. The summed E-state index contributed by atoms with van der Waals surface area (Å²) in [6.07, 6.45) is 4.32. The molecule has 0 atom stereocenters. The smallest absolute Gasteiger partial charge is 0.247 e. The average Bonchev–Trinajstić information content (AvgIpc) is 3.29. The molecule has 7 nitrogen and oxygen atoms in total. The van der Waals surface area contributed by atoms with Crippen molar-refractivity contribution >= 4 is 11.7 Å². The Bertz CT molecular complexity index is 1420. The van der Waals surface area contributed by atoms with Crippen LogP contribution in [-0.4, -0.2) is 30.9 Å². The van der Waals surface area contributed by atoms with E-state index in [1.165, 1.54) is 16.9 Å². The van der Waals surface area contributed by atoms with Crippen molar-refractivity contribution in [1.29, 1.82) is 0 Å². The lowest BCUT2D eigenvalue weighted by Gasteiger charge is -2.10. The van der Waals surface area contributed by atoms with E-state index in [1.54, 1.807) is 12.3 Å². The summed E-state index contributed by atoms with van der Waals surface area (Å²) in [5.41, 5.74) is 3.89. The van der Waals surface area contributed by atoms with E-state index in [9.17, 15) is 9.18 Å². The second-order valence-corrected chi connectivity index (χ2v) is 7.51. The van der Waals surface area contributed by atoms with Crippen LogP contribution < -0.4 is 5.32 Å². The molecule has 0 spiro atoms. The summed E-state index contributed by atoms with van der Waals surface area (Å²) < 4.78 is 15.9. The van der Waals surface area contributed by atoms with Gasteiger partial charge < -0.3 is 5.32 Å². The van der Waals surface area contributed by atoms with Gasteiger partial charge in [-0.1, -0.05) is 65.9 Å². The second-order valence-electron chi connectivity index (χ2n) is 7.51. The molecule has 0 fully saturated rings. The van der Waals surface area contributed by atoms with Gasteiger partial charge in [-0.15, -0.1) is 5.10 Å². The van der Waals surface area contributed by atoms with Gasteiger partial charge in [0.15, 0.2) is 5.82 Å². The summed E-state index contributed by atoms with van der Waals surface area (Å²) in [6, 6.07) is 24.4. The number of carbonyl (C=O) groups is 1. The first-order valence-electron chi connectivity index (χ1n) is 10.6. The summed E-state index contributed by atoms with van der Waals surface area (Å²) >= 11 is 0. The Morgan fingerprint density at radius 2 is 1.59 bits per heavy atom. The molecule has 166 valence electrons. The fourth-order valence-corrected chi connectivity index (χ4v) is 3.64. The lowest BCUT2D eigenvalue weighted by atomic mass is 10.1. The first-order valence-corrected chi connectivity index (χ1v) is 10.6. The van der Waals surface area contributed by atoms with Gasteiger partial charge in [0.05, 0.1) is 11.9 Å². The number of carbonyl (C=O) groups excluding carboxylic acids is 1. The van der Waals surface area contributed by atoms with Crippen LogP contribution in [0.15, 0.2) is 97.5 Å². The van der Waals surface area contributed by atoms with E-state index in [2.05, 4.69) is 25.6 Å². The lowest BCUT2D eigenvalue weighted by molar-refractivity contribution is -0.116. The van der Waals surface area contributed by atoms with Crippen LogP contribution in [0.4, 0.5) is 10.2 Å². The zero-order valence-electron chi connectivity index (χ0n) is 18.0. The third kappa shape index (κ3) is 4.42. The monoisotopic (exact) mass is 450 g/mol. The molecule has 2 aromatic carbocycles. The standard InChI is InChI=1S/C26H19FN6O/c27-22-16-28-14-13-21(22)25-26(19-9-5-2-6-10-19)33(32-31-25)17-24(34)30-23-12-11-20(15-29-23)18-7-3-1-4-8-18/h1-16H,17H2,(H,29,30,34). The topological polar surface area (TPSA) is 85.6 Å². The number of benzene rings is 2. The molecule has 5 aromatic rings. The summed E-state index contributed by atoms with van der Waals surface area (Å²) in [7, 11) is 0. The van der Waals surface area contributed by atoms with Crippen LogP contribution in [0.3, 0.4) is 0 Å². The Morgan fingerprint density at radius 1 is 0.853 bits per heavy atom. The van der Waals surface area contributed by atoms with Crippen LogP contribution in [0.25, 0.3) is 33.6 Å². The van der Waals surface area contributed by atoms with Crippen molar-refractivity contribution in [2.45, 2.75) is 6.54 Å². The highest BCUT2D eigenvalue weighted by atomic mass is 19.1. The molecule has 8 heteroatoms. The quantitative estimate of drug-likeness (QED) is 0.400. The Balaban J connectivity index is 1.40. The van der Waals surface area contributed by atoms with Gasteiger partial charge in [0.25, 0.3) is 0 Å². The van der Waals surface area contributed by atoms with Crippen LogP contribution in [0.5, 0.6) is 0 Å². The third-order valence-corrected chi connectivity index (χ3v) is 5.24. The number of nitrogens with zero attached hydrogens (tertiary/aromatic N) is 5. The number of nitrogens with one attached hydrogen (secondary N) is 1. The molecular formula is C26H19FN6O. The van der Waals surface area contributed by atoms with E-state index < -0.39 is 5.82 Å². The highest BCUT2D eigenvalue weighted by Crippen LogP contribution is 2.31. The first kappa shape index (κ1) is 21.1. The van der Waals surface area contributed by atoms with Crippen molar-refractivity contribution in [3.05, 3.63) is 103 Å². The second kappa shape index (κ2) is 9.41. The number of anilines is 1. The number of amides is 1. The minimum absolute atomic E-state index is 0.119. The number of hydrogen-bond donors (Lipinski definition) is 1. The lowest BCUT2D eigenvalue weighted by Crippen LogP contribution is -2.20. The van der Waals surface area contributed by atoms with E-state index in [1.807, 2.05) is 66.7 Å². The molecule has 3 aromatic heterocycles. The third-order valence-electron chi connectivity index (χ3n) is 5.24. The molecule has 0 saturated carbocycles. The van der Waals surface area contributed by atoms with Gasteiger partial charge in [-0.25, -0.2) is 14.1 Å². The van der Waals surface area contributed by atoms with Crippen molar-refractivity contribution in [2.75, 3.05) is 5.32 Å². The number of halogens is 1.